The maximum Gasteiger partial charge on any atom is 0.326 e. The number of carboxylic acids is 1. The second-order valence-electron chi connectivity index (χ2n) is 6.46. The summed E-state index contributed by atoms with van der Waals surface area (Å²) in [4.78, 5) is 27.7. The normalized spacial score (nSPS) is 26.3. The number of likely N-dealkylation sites (tertiary alicyclic amines) is 1. The summed E-state index contributed by atoms with van der Waals surface area (Å²) in [6.07, 6.45) is 6.17. The molecule has 2 aliphatic rings. The van der Waals surface area contributed by atoms with Crippen molar-refractivity contribution in [2.24, 2.45) is 11.8 Å². The number of carbonyl (C=O) groups is 2. The third-order valence-corrected chi connectivity index (χ3v) is 5.17. The molecule has 0 spiro atoms. The van der Waals surface area contributed by atoms with Gasteiger partial charge in [0.2, 0.25) is 0 Å². The maximum absolute atomic E-state index is 12.7. The Kier molecular flexibility index (Phi) is 5.48. The van der Waals surface area contributed by atoms with Crippen LogP contribution in [0.25, 0.3) is 0 Å². The smallest absolute Gasteiger partial charge is 0.326 e. The van der Waals surface area contributed by atoms with Gasteiger partial charge in [-0.3, -0.25) is 0 Å². The highest BCUT2D eigenvalue weighted by Gasteiger charge is 2.37. The number of carboxylic acid groups (broad SMARTS) is 1. The number of aliphatic carboxylic acids is 1. The fraction of sp³-hybridized carbons (Fsp3) is 0.875. The van der Waals surface area contributed by atoms with Crippen molar-refractivity contribution in [2.75, 3.05) is 19.6 Å². The molecule has 21 heavy (non-hydrogen) atoms. The van der Waals surface area contributed by atoms with Gasteiger partial charge in [-0.2, -0.15) is 0 Å². The number of nitrogens with zero attached hydrogens (tertiary/aromatic N) is 2. The van der Waals surface area contributed by atoms with Gasteiger partial charge in [0.25, 0.3) is 0 Å². The highest BCUT2D eigenvalue weighted by molar-refractivity contribution is 5.83. The quantitative estimate of drug-likeness (QED) is 0.848. The average molecular weight is 296 g/mol. The first-order chi connectivity index (χ1) is 10.1. The summed E-state index contributed by atoms with van der Waals surface area (Å²) in [5.41, 5.74) is 0. The third-order valence-electron chi connectivity index (χ3n) is 5.17. The molecule has 5 heteroatoms. The number of urea groups is 1. The van der Waals surface area contributed by atoms with E-state index in [4.69, 9.17) is 0 Å². The summed E-state index contributed by atoms with van der Waals surface area (Å²) in [5.74, 6) is 0.184. The molecular formula is C16H28N2O3. The van der Waals surface area contributed by atoms with E-state index >= 15 is 0 Å². The van der Waals surface area contributed by atoms with Gasteiger partial charge in [0.05, 0.1) is 0 Å². The van der Waals surface area contributed by atoms with Crippen LogP contribution in [-0.4, -0.2) is 52.6 Å². The largest absolute Gasteiger partial charge is 0.480 e. The standard InChI is InChI=1S/C16H28N2O3/c1-3-12-8-9-18(14(10-12)15(19)20)16(21)17(4-2)11-13-6-5-7-13/h12-14H,3-11H2,1-2H3,(H,19,20). The molecule has 2 fully saturated rings. The minimum absolute atomic E-state index is 0.0775. The molecule has 5 nitrogen and oxygen atoms in total. The van der Waals surface area contributed by atoms with Crippen molar-refractivity contribution >= 4 is 12.0 Å². The maximum atomic E-state index is 12.7. The van der Waals surface area contributed by atoms with E-state index in [0.29, 0.717) is 31.3 Å². The molecule has 1 aliphatic carbocycles. The van der Waals surface area contributed by atoms with Crippen LogP contribution in [0.2, 0.25) is 0 Å². The Hall–Kier alpha value is -1.26. The Morgan fingerprint density at radius 3 is 2.38 bits per heavy atom. The van der Waals surface area contributed by atoms with Gasteiger partial charge in [-0.1, -0.05) is 19.8 Å². The number of piperidine rings is 1. The SMILES string of the molecule is CCC1CCN(C(=O)N(CC)CC2CCC2)C(C(=O)O)C1. The second kappa shape index (κ2) is 7.14. The van der Waals surface area contributed by atoms with Crippen LogP contribution in [0.5, 0.6) is 0 Å². The predicted molar refractivity (Wildman–Crippen MR) is 81.1 cm³/mol. The Labute approximate surface area is 127 Å². The molecule has 2 atom stereocenters. The van der Waals surface area contributed by atoms with Crippen molar-refractivity contribution in [3.8, 4) is 0 Å². The van der Waals surface area contributed by atoms with Gasteiger partial charge in [-0.05, 0) is 44.4 Å². The average Bonchev–Trinajstić information content (AvgIpc) is 2.45. The van der Waals surface area contributed by atoms with E-state index < -0.39 is 12.0 Å². The molecule has 0 aromatic carbocycles. The summed E-state index contributed by atoms with van der Waals surface area (Å²) in [7, 11) is 0. The van der Waals surface area contributed by atoms with Crippen molar-refractivity contribution in [1.29, 1.82) is 0 Å². The van der Waals surface area contributed by atoms with Crippen molar-refractivity contribution in [3.05, 3.63) is 0 Å². The summed E-state index contributed by atoms with van der Waals surface area (Å²) >= 11 is 0. The lowest BCUT2D eigenvalue weighted by atomic mass is 9.85. The van der Waals surface area contributed by atoms with Gasteiger partial charge < -0.3 is 14.9 Å². The van der Waals surface area contributed by atoms with E-state index in [0.717, 1.165) is 19.4 Å². The van der Waals surface area contributed by atoms with Gasteiger partial charge in [-0.15, -0.1) is 0 Å². The van der Waals surface area contributed by atoms with E-state index in [-0.39, 0.29) is 6.03 Å². The number of carbonyl (C=O) groups excluding carboxylic acids is 1. The molecule has 1 saturated carbocycles. The molecular weight excluding hydrogens is 268 g/mol. The first-order valence-corrected chi connectivity index (χ1v) is 8.35. The molecule has 120 valence electrons. The van der Waals surface area contributed by atoms with Crippen LogP contribution in [-0.2, 0) is 4.79 Å². The third kappa shape index (κ3) is 3.69. The number of hydrogen-bond donors (Lipinski definition) is 1. The molecule has 1 N–H and O–H groups in total. The number of rotatable bonds is 5. The van der Waals surface area contributed by atoms with Crippen LogP contribution >= 0.6 is 0 Å². The van der Waals surface area contributed by atoms with E-state index in [9.17, 15) is 14.7 Å². The van der Waals surface area contributed by atoms with Crippen LogP contribution < -0.4 is 0 Å². The van der Waals surface area contributed by atoms with Gasteiger partial charge in [0.15, 0.2) is 0 Å². The summed E-state index contributed by atoms with van der Waals surface area (Å²) in [6.45, 7) is 6.10. The van der Waals surface area contributed by atoms with Crippen molar-refractivity contribution in [2.45, 2.75) is 58.4 Å². The summed E-state index contributed by atoms with van der Waals surface area (Å²) in [6, 6.07) is -0.724. The molecule has 0 bridgehead atoms. The minimum Gasteiger partial charge on any atom is -0.480 e. The van der Waals surface area contributed by atoms with Crippen LogP contribution in [0.15, 0.2) is 0 Å². The lowest BCUT2D eigenvalue weighted by Crippen LogP contribution is -2.55. The monoisotopic (exact) mass is 296 g/mol. The van der Waals surface area contributed by atoms with Crippen LogP contribution in [0.4, 0.5) is 4.79 Å². The van der Waals surface area contributed by atoms with Crippen molar-refractivity contribution in [1.82, 2.24) is 9.80 Å². The van der Waals surface area contributed by atoms with Gasteiger partial charge in [0.1, 0.15) is 6.04 Å². The van der Waals surface area contributed by atoms with Gasteiger partial charge in [-0.25, -0.2) is 9.59 Å². The van der Waals surface area contributed by atoms with Crippen LogP contribution in [0, 0.1) is 11.8 Å². The van der Waals surface area contributed by atoms with Crippen molar-refractivity contribution in [3.63, 3.8) is 0 Å². The van der Waals surface area contributed by atoms with E-state index in [1.54, 1.807) is 4.90 Å². The summed E-state index contributed by atoms with van der Waals surface area (Å²) < 4.78 is 0. The fourth-order valence-electron chi connectivity index (χ4n) is 3.38. The van der Waals surface area contributed by atoms with Crippen LogP contribution in [0.3, 0.4) is 0 Å². The molecule has 0 aromatic rings. The zero-order valence-electron chi connectivity index (χ0n) is 13.3. The van der Waals surface area contributed by atoms with E-state index in [1.165, 1.54) is 19.3 Å². The highest BCUT2D eigenvalue weighted by atomic mass is 16.4. The first kappa shape index (κ1) is 16.1. The highest BCUT2D eigenvalue weighted by Crippen LogP contribution is 2.29. The lowest BCUT2D eigenvalue weighted by Gasteiger charge is -2.41. The Bertz CT molecular complexity index is 382. The lowest BCUT2D eigenvalue weighted by molar-refractivity contribution is -0.144. The zero-order valence-corrected chi connectivity index (χ0v) is 13.3. The molecule has 2 rings (SSSR count). The molecule has 0 aromatic heterocycles. The summed E-state index contributed by atoms with van der Waals surface area (Å²) in [5, 5.41) is 9.45. The predicted octanol–water partition coefficient (Wildman–Crippen LogP) is 2.80. The van der Waals surface area contributed by atoms with E-state index in [1.807, 2.05) is 11.8 Å². The fourth-order valence-corrected chi connectivity index (χ4v) is 3.38. The van der Waals surface area contributed by atoms with Crippen LogP contribution in [0.1, 0.15) is 52.4 Å². The van der Waals surface area contributed by atoms with Gasteiger partial charge in [0, 0.05) is 19.6 Å². The minimum atomic E-state index is -0.860. The second-order valence-corrected chi connectivity index (χ2v) is 6.46. The van der Waals surface area contributed by atoms with Crippen molar-refractivity contribution < 1.29 is 14.7 Å². The first-order valence-electron chi connectivity index (χ1n) is 8.35. The molecule has 1 heterocycles. The van der Waals surface area contributed by atoms with E-state index in [2.05, 4.69) is 6.92 Å². The Morgan fingerprint density at radius 2 is 1.90 bits per heavy atom. The Morgan fingerprint density at radius 1 is 1.19 bits per heavy atom. The molecule has 2 amide bonds. The number of amides is 2. The molecule has 1 aliphatic heterocycles. The number of hydrogen-bond acceptors (Lipinski definition) is 2. The Balaban J connectivity index is 2.02. The topological polar surface area (TPSA) is 60.9 Å². The molecule has 2 unspecified atom stereocenters. The molecule has 0 radical (unpaired) electrons. The van der Waals surface area contributed by atoms with Gasteiger partial charge >= 0.3 is 12.0 Å². The molecule has 1 saturated heterocycles. The zero-order chi connectivity index (χ0) is 15.4.